The van der Waals surface area contributed by atoms with Gasteiger partial charge in [-0.25, -0.2) is 4.79 Å². The average Bonchev–Trinajstić information content (AvgIpc) is 3.12. The van der Waals surface area contributed by atoms with Gasteiger partial charge in [-0.05, 0) is 52.3 Å². The predicted octanol–water partition coefficient (Wildman–Crippen LogP) is 4.73. The second-order valence-electron chi connectivity index (χ2n) is 9.26. The normalized spacial score (nSPS) is 14.1. The number of halogens is 3. The first-order chi connectivity index (χ1) is 15.8. The van der Waals surface area contributed by atoms with Crippen LogP contribution in [0.4, 0.5) is 18.0 Å². The molecular formula is C24H31F3N4O3. The van der Waals surface area contributed by atoms with Crippen molar-refractivity contribution in [2.45, 2.75) is 65.9 Å². The molecule has 2 heterocycles. The van der Waals surface area contributed by atoms with Crippen molar-refractivity contribution < 1.29 is 27.5 Å². The third kappa shape index (κ3) is 5.71. The van der Waals surface area contributed by atoms with Gasteiger partial charge < -0.3 is 14.5 Å². The maximum absolute atomic E-state index is 13.8. The Balaban J connectivity index is 1.85. The van der Waals surface area contributed by atoms with Crippen molar-refractivity contribution in [3.63, 3.8) is 0 Å². The van der Waals surface area contributed by atoms with Crippen molar-refractivity contribution in [3.05, 3.63) is 52.3 Å². The first-order valence-electron chi connectivity index (χ1n) is 11.4. The van der Waals surface area contributed by atoms with Crippen LogP contribution in [0.25, 0.3) is 0 Å². The highest BCUT2D eigenvalue weighted by Gasteiger charge is 2.41. The monoisotopic (exact) mass is 480 g/mol. The standard InChI is InChI=1S/C24H31F3N4O3/c1-6-29(7-2)21(32)17-10-8-16(9-11-17)14-31-19-12-13-30(22(33)34-23(3,4)5)15-18(19)20(28-31)24(25,26)27/h8-11H,6-7,12-15H2,1-5H3. The summed E-state index contributed by atoms with van der Waals surface area (Å²) in [6, 6.07) is 6.82. The largest absolute Gasteiger partial charge is 0.444 e. The molecule has 0 saturated heterocycles. The molecule has 2 amide bonds. The minimum atomic E-state index is -4.65. The van der Waals surface area contributed by atoms with Gasteiger partial charge in [-0.1, -0.05) is 12.1 Å². The van der Waals surface area contributed by atoms with E-state index in [4.69, 9.17) is 4.74 Å². The highest BCUT2D eigenvalue weighted by atomic mass is 19.4. The van der Waals surface area contributed by atoms with Crippen molar-refractivity contribution in [2.24, 2.45) is 0 Å². The van der Waals surface area contributed by atoms with E-state index in [-0.39, 0.29) is 37.5 Å². The minimum Gasteiger partial charge on any atom is -0.444 e. The first-order valence-corrected chi connectivity index (χ1v) is 11.4. The summed E-state index contributed by atoms with van der Waals surface area (Å²) in [5, 5.41) is 3.88. The fourth-order valence-electron chi connectivity index (χ4n) is 3.95. The summed E-state index contributed by atoms with van der Waals surface area (Å²) in [5.41, 5.74) is -0.0196. The molecule has 2 aromatic rings. The zero-order chi connectivity index (χ0) is 25.3. The van der Waals surface area contributed by atoms with Crippen molar-refractivity contribution in [2.75, 3.05) is 19.6 Å². The van der Waals surface area contributed by atoms with Crippen LogP contribution in [0.5, 0.6) is 0 Å². The molecule has 1 aliphatic heterocycles. The van der Waals surface area contributed by atoms with E-state index in [2.05, 4.69) is 5.10 Å². The van der Waals surface area contributed by atoms with Crippen LogP contribution in [0.15, 0.2) is 24.3 Å². The van der Waals surface area contributed by atoms with Crippen molar-refractivity contribution in [1.82, 2.24) is 19.6 Å². The average molecular weight is 481 g/mol. The van der Waals surface area contributed by atoms with E-state index in [0.717, 1.165) is 5.56 Å². The van der Waals surface area contributed by atoms with Crippen LogP contribution in [0.3, 0.4) is 0 Å². The van der Waals surface area contributed by atoms with Gasteiger partial charge >= 0.3 is 12.3 Å². The number of amides is 2. The van der Waals surface area contributed by atoms with Crippen LogP contribution >= 0.6 is 0 Å². The molecule has 0 spiro atoms. The Hall–Kier alpha value is -3.04. The van der Waals surface area contributed by atoms with Crippen LogP contribution in [0, 0.1) is 0 Å². The predicted molar refractivity (Wildman–Crippen MR) is 120 cm³/mol. The molecule has 0 unspecified atom stereocenters. The molecule has 1 aromatic carbocycles. The van der Waals surface area contributed by atoms with Crippen LogP contribution in [-0.4, -0.2) is 56.8 Å². The second-order valence-corrected chi connectivity index (χ2v) is 9.26. The van der Waals surface area contributed by atoms with E-state index >= 15 is 0 Å². The number of aromatic nitrogens is 2. The van der Waals surface area contributed by atoms with Crippen molar-refractivity contribution in [1.29, 1.82) is 0 Å². The lowest BCUT2D eigenvalue weighted by atomic mass is 10.0. The number of rotatable bonds is 5. The lowest BCUT2D eigenvalue weighted by molar-refractivity contribution is -0.142. The third-order valence-corrected chi connectivity index (χ3v) is 5.64. The van der Waals surface area contributed by atoms with Gasteiger partial charge in [0, 0.05) is 42.9 Å². The van der Waals surface area contributed by atoms with Crippen molar-refractivity contribution in [3.8, 4) is 0 Å². The van der Waals surface area contributed by atoms with Crippen molar-refractivity contribution >= 4 is 12.0 Å². The van der Waals surface area contributed by atoms with Gasteiger partial charge in [0.25, 0.3) is 5.91 Å². The summed E-state index contributed by atoms with van der Waals surface area (Å²) < 4.78 is 48.0. The topological polar surface area (TPSA) is 67.7 Å². The fourth-order valence-corrected chi connectivity index (χ4v) is 3.95. The molecule has 186 valence electrons. The molecule has 1 aromatic heterocycles. The molecule has 10 heteroatoms. The Kier molecular flexibility index (Phi) is 7.28. The Morgan fingerprint density at radius 2 is 1.71 bits per heavy atom. The van der Waals surface area contributed by atoms with Gasteiger partial charge in [0.15, 0.2) is 5.69 Å². The zero-order valence-electron chi connectivity index (χ0n) is 20.2. The van der Waals surface area contributed by atoms with Gasteiger partial charge in [0.1, 0.15) is 5.60 Å². The Bertz CT molecular complexity index is 1040. The number of fused-ring (bicyclic) bond motifs is 1. The lowest BCUT2D eigenvalue weighted by Crippen LogP contribution is -2.40. The second kappa shape index (κ2) is 9.68. The van der Waals surface area contributed by atoms with Gasteiger partial charge in [0.2, 0.25) is 0 Å². The van der Waals surface area contributed by atoms with Gasteiger partial charge in [-0.15, -0.1) is 0 Å². The van der Waals surface area contributed by atoms with Crippen LogP contribution in [0.1, 0.15) is 67.5 Å². The molecule has 0 atom stereocenters. The fraction of sp³-hybridized carbons (Fsp3) is 0.542. The molecule has 7 nitrogen and oxygen atoms in total. The number of alkyl halides is 3. The van der Waals surface area contributed by atoms with E-state index in [9.17, 15) is 22.8 Å². The molecule has 3 rings (SSSR count). The summed E-state index contributed by atoms with van der Waals surface area (Å²) in [5.74, 6) is -0.0883. The zero-order valence-corrected chi connectivity index (χ0v) is 20.2. The number of carbonyl (C=O) groups excluding carboxylic acids is 2. The van der Waals surface area contributed by atoms with E-state index in [1.54, 1.807) is 49.9 Å². The number of carbonyl (C=O) groups is 2. The van der Waals surface area contributed by atoms with E-state index in [1.807, 2.05) is 13.8 Å². The highest BCUT2D eigenvalue weighted by Crippen LogP contribution is 2.35. The molecule has 0 radical (unpaired) electrons. The van der Waals surface area contributed by atoms with Crippen LogP contribution in [-0.2, 0) is 30.4 Å². The number of benzene rings is 1. The molecule has 1 aliphatic rings. The molecule has 0 saturated carbocycles. The highest BCUT2D eigenvalue weighted by molar-refractivity contribution is 5.94. The number of ether oxygens (including phenoxy) is 1. The van der Waals surface area contributed by atoms with Gasteiger partial charge in [-0.3, -0.25) is 9.48 Å². The summed E-state index contributed by atoms with van der Waals surface area (Å²) in [4.78, 5) is 27.9. The van der Waals surface area contributed by atoms with Gasteiger partial charge in [-0.2, -0.15) is 18.3 Å². The lowest BCUT2D eigenvalue weighted by Gasteiger charge is -2.30. The first kappa shape index (κ1) is 25.6. The van der Waals surface area contributed by atoms with E-state index in [0.29, 0.717) is 24.3 Å². The van der Waals surface area contributed by atoms with Gasteiger partial charge in [0.05, 0.1) is 13.1 Å². The molecule has 0 bridgehead atoms. The summed E-state index contributed by atoms with van der Waals surface area (Å²) in [6.07, 6.45) is -5.06. The van der Waals surface area contributed by atoms with Crippen LogP contribution in [0.2, 0.25) is 0 Å². The number of nitrogens with zero attached hydrogens (tertiary/aromatic N) is 4. The molecule has 0 fully saturated rings. The molecular weight excluding hydrogens is 449 g/mol. The maximum atomic E-state index is 13.8. The van der Waals surface area contributed by atoms with E-state index < -0.39 is 23.6 Å². The minimum absolute atomic E-state index is 0.00191. The Morgan fingerprint density at radius 1 is 1.09 bits per heavy atom. The smallest absolute Gasteiger partial charge is 0.435 e. The molecule has 0 N–H and O–H groups in total. The van der Waals surface area contributed by atoms with Crippen LogP contribution < -0.4 is 0 Å². The Morgan fingerprint density at radius 3 is 2.24 bits per heavy atom. The number of hydrogen-bond acceptors (Lipinski definition) is 4. The van der Waals surface area contributed by atoms with E-state index in [1.165, 1.54) is 9.58 Å². The SMILES string of the molecule is CCN(CC)C(=O)c1ccc(Cn2nc(C(F)(F)F)c3c2CCN(C(=O)OC(C)(C)C)C3)cc1. The maximum Gasteiger partial charge on any atom is 0.435 e. The third-order valence-electron chi connectivity index (χ3n) is 5.64. The molecule has 34 heavy (non-hydrogen) atoms. The quantitative estimate of drug-likeness (QED) is 0.621. The summed E-state index contributed by atoms with van der Waals surface area (Å²) in [7, 11) is 0. The summed E-state index contributed by atoms with van der Waals surface area (Å²) >= 11 is 0. The summed E-state index contributed by atoms with van der Waals surface area (Å²) in [6.45, 7) is 10.3. The number of hydrogen-bond donors (Lipinski definition) is 0. The Labute approximate surface area is 197 Å². The molecule has 0 aliphatic carbocycles.